The summed E-state index contributed by atoms with van der Waals surface area (Å²) >= 11 is 6.50. The Morgan fingerprint density at radius 1 is 1.00 bits per heavy atom. The highest BCUT2D eigenvalue weighted by Gasteiger charge is 2.24. The number of anilines is 2. The van der Waals surface area contributed by atoms with Crippen LogP contribution in [0.3, 0.4) is 0 Å². The predicted molar refractivity (Wildman–Crippen MR) is 164 cm³/mol. The number of hydrogen-bond acceptors (Lipinski definition) is 8. The first-order chi connectivity index (χ1) is 20.7. The Balaban J connectivity index is 1.15. The zero-order chi connectivity index (χ0) is 30.0. The van der Waals surface area contributed by atoms with Crippen LogP contribution in [0.2, 0.25) is 5.02 Å². The molecule has 0 bridgehead atoms. The molecule has 3 heterocycles. The summed E-state index contributed by atoms with van der Waals surface area (Å²) in [5.74, 6) is 2.29. The van der Waals surface area contributed by atoms with Crippen LogP contribution in [0.4, 0.5) is 15.9 Å². The summed E-state index contributed by atoms with van der Waals surface area (Å²) < 4.78 is 50.5. The molecular weight excluding hydrogens is 593 g/mol. The van der Waals surface area contributed by atoms with Gasteiger partial charge in [0.1, 0.15) is 41.8 Å². The Kier molecular flexibility index (Phi) is 8.31. The number of halogens is 2. The lowest BCUT2D eigenvalue weighted by atomic mass is 10.1. The third-order valence-electron chi connectivity index (χ3n) is 7.24. The smallest absolute Gasteiger partial charge is 0.211 e. The van der Waals surface area contributed by atoms with Crippen LogP contribution in [0.5, 0.6) is 5.75 Å². The third kappa shape index (κ3) is 6.97. The molecule has 6 rings (SSSR count). The predicted octanol–water partition coefficient (Wildman–Crippen LogP) is 6.08. The molecule has 1 fully saturated rings. The second-order valence-corrected chi connectivity index (χ2v) is 12.7. The van der Waals surface area contributed by atoms with Crippen molar-refractivity contribution in [2.24, 2.45) is 0 Å². The molecule has 0 atom stereocenters. The lowest BCUT2D eigenvalue weighted by Crippen LogP contribution is -2.47. The molecule has 222 valence electrons. The Hall–Kier alpha value is -4.03. The summed E-state index contributed by atoms with van der Waals surface area (Å²) in [6, 6.07) is 21.3. The van der Waals surface area contributed by atoms with Gasteiger partial charge >= 0.3 is 0 Å². The maximum Gasteiger partial charge on any atom is 0.211 e. The molecule has 2 aromatic heterocycles. The van der Waals surface area contributed by atoms with E-state index in [0.717, 1.165) is 22.2 Å². The van der Waals surface area contributed by atoms with Crippen LogP contribution >= 0.6 is 11.6 Å². The largest absolute Gasteiger partial charge is 0.487 e. The monoisotopic (exact) mass is 621 g/mol. The Morgan fingerprint density at radius 2 is 1.84 bits per heavy atom. The van der Waals surface area contributed by atoms with Crippen LogP contribution in [0.1, 0.15) is 11.3 Å². The van der Waals surface area contributed by atoms with Crippen molar-refractivity contribution in [2.75, 3.05) is 37.8 Å². The molecule has 3 aromatic carbocycles. The molecule has 1 aliphatic rings. The molecule has 0 saturated carbocycles. The molecular formula is C31H29ClFN5O4S. The minimum absolute atomic E-state index is 0.192. The summed E-state index contributed by atoms with van der Waals surface area (Å²) in [7, 11) is -3.17. The zero-order valence-electron chi connectivity index (χ0n) is 23.3. The number of sulfonamides is 1. The molecule has 9 nitrogen and oxygen atoms in total. The summed E-state index contributed by atoms with van der Waals surface area (Å²) in [4.78, 5) is 11.1. The molecule has 1 saturated heterocycles. The highest BCUT2D eigenvalue weighted by molar-refractivity contribution is 7.88. The van der Waals surface area contributed by atoms with Gasteiger partial charge in [0.25, 0.3) is 0 Å². The molecule has 0 radical (unpaired) electrons. The highest BCUT2D eigenvalue weighted by Crippen LogP contribution is 2.33. The lowest BCUT2D eigenvalue weighted by Gasteiger charge is -2.32. The Morgan fingerprint density at radius 3 is 2.60 bits per heavy atom. The third-order valence-corrected chi connectivity index (χ3v) is 8.84. The molecule has 43 heavy (non-hydrogen) atoms. The van der Waals surface area contributed by atoms with Gasteiger partial charge in [-0.1, -0.05) is 23.7 Å². The number of aromatic nitrogens is 2. The van der Waals surface area contributed by atoms with Crippen molar-refractivity contribution in [2.45, 2.75) is 13.2 Å². The first-order valence-corrected chi connectivity index (χ1v) is 15.9. The van der Waals surface area contributed by atoms with E-state index in [9.17, 15) is 12.8 Å². The van der Waals surface area contributed by atoms with E-state index in [1.807, 2.05) is 36.4 Å². The van der Waals surface area contributed by atoms with Gasteiger partial charge in [-0.2, -0.15) is 4.31 Å². The van der Waals surface area contributed by atoms with Crippen molar-refractivity contribution in [3.8, 4) is 17.1 Å². The molecule has 1 aliphatic heterocycles. The molecule has 0 unspecified atom stereocenters. The fourth-order valence-corrected chi connectivity index (χ4v) is 6.05. The summed E-state index contributed by atoms with van der Waals surface area (Å²) in [5, 5.41) is 4.53. The first kappa shape index (κ1) is 29.1. The highest BCUT2D eigenvalue weighted by atomic mass is 35.5. The van der Waals surface area contributed by atoms with Crippen molar-refractivity contribution in [1.29, 1.82) is 0 Å². The van der Waals surface area contributed by atoms with E-state index in [0.29, 0.717) is 66.3 Å². The number of ether oxygens (including phenoxy) is 1. The van der Waals surface area contributed by atoms with Crippen LogP contribution in [0.15, 0.2) is 83.5 Å². The number of furan rings is 1. The SMILES string of the molecule is CS(=O)(=O)N1CCN(Cc2ccc(-c3ccc4ncnc(Nc5ccc(OCc6cccc(F)c6)c(Cl)c5)c4c3)o2)CC1. The minimum atomic E-state index is -3.17. The summed E-state index contributed by atoms with van der Waals surface area (Å²) in [6.45, 7) is 3.04. The molecule has 0 amide bonds. The second kappa shape index (κ2) is 12.3. The number of nitrogens with one attached hydrogen (secondary N) is 1. The number of nitrogens with zero attached hydrogens (tertiary/aromatic N) is 4. The van der Waals surface area contributed by atoms with Crippen LogP contribution < -0.4 is 10.1 Å². The topological polar surface area (TPSA) is 101 Å². The minimum Gasteiger partial charge on any atom is -0.487 e. The Labute approximate surface area is 253 Å². The van der Waals surface area contributed by atoms with Gasteiger partial charge in [0.05, 0.1) is 23.3 Å². The van der Waals surface area contributed by atoms with Crippen LogP contribution in [0, 0.1) is 5.82 Å². The van der Waals surface area contributed by atoms with Gasteiger partial charge in [0.2, 0.25) is 10.0 Å². The van der Waals surface area contributed by atoms with E-state index in [-0.39, 0.29) is 12.4 Å². The van der Waals surface area contributed by atoms with E-state index in [4.69, 9.17) is 20.8 Å². The van der Waals surface area contributed by atoms with Crippen molar-refractivity contribution < 1.29 is 22.0 Å². The fourth-order valence-electron chi connectivity index (χ4n) is 4.99. The van der Waals surface area contributed by atoms with Gasteiger partial charge < -0.3 is 14.5 Å². The number of piperazine rings is 1. The van der Waals surface area contributed by atoms with Crippen LogP contribution in [-0.4, -0.2) is 60.0 Å². The van der Waals surface area contributed by atoms with Gasteiger partial charge in [-0.15, -0.1) is 0 Å². The summed E-state index contributed by atoms with van der Waals surface area (Å²) in [5.41, 5.74) is 3.05. The quantitative estimate of drug-likeness (QED) is 0.211. The lowest BCUT2D eigenvalue weighted by molar-refractivity contribution is 0.172. The molecule has 5 aromatic rings. The zero-order valence-corrected chi connectivity index (χ0v) is 24.9. The van der Waals surface area contributed by atoms with Crippen LogP contribution in [-0.2, 0) is 23.2 Å². The molecule has 1 N–H and O–H groups in total. The molecule has 12 heteroatoms. The van der Waals surface area contributed by atoms with E-state index in [1.165, 1.54) is 29.0 Å². The van der Waals surface area contributed by atoms with Crippen LogP contribution in [0.25, 0.3) is 22.2 Å². The fraction of sp³-hybridized carbons (Fsp3) is 0.226. The second-order valence-electron chi connectivity index (χ2n) is 10.3. The normalized spacial score (nSPS) is 14.7. The molecule has 0 spiro atoms. The van der Waals surface area contributed by atoms with Crippen molar-refractivity contribution in [3.05, 3.63) is 101 Å². The van der Waals surface area contributed by atoms with Gasteiger partial charge in [0, 0.05) is 42.8 Å². The van der Waals surface area contributed by atoms with E-state index < -0.39 is 10.0 Å². The van der Waals surface area contributed by atoms with E-state index in [1.54, 1.807) is 24.3 Å². The standard InChI is InChI=1S/C31H29ClFN5O4S/c1-43(39,40)38-13-11-37(12-14-38)18-25-7-10-29(42-25)22-5-8-28-26(16-22)31(35-20-34-28)36-24-6-9-30(27(32)17-24)41-19-21-3-2-4-23(33)15-21/h2-10,15-17,20H,11-14,18-19H2,1H3,(H,34,35,36). The molecule has 0 aliphatic carbocycles. The van der Waals surface area contributed by atoms with Crippen molar-refractivity contribution >= 4 is 44.0 Å². The number of fused-ring (bicyclic) bond motifs is 1. The average molecular weight is 622 g/mol. The Bertz CT molecular complexity index is 1880. The van der Waals surface area contributed by atoms with E-state index in [2.05, 4.69) is 20.2 Å². The first-order valence-electron chi connectivity index (χ1n) is 13.7. The number of hydrogen-bond donors (Lipinski definition) is 1. The van der Waals surface area contributed by atoms with Gasteiger partial charge in [-0.3, -0.25) is 4.90 Å². The average Bonchev–Trinajstić information content (AvgIpc) is 3.45. The maximum atomic E-state index is 13.5. The maximum absolute atomic E-state index is 13.5. The number of benzene rings is 3. The number of rotatable bonds is 9. The van der Waals surface area contributed by atoms with E-state index >= 15 is 0 Å². The van der Waals surface area contributed by atoms with Gasteiger partial charge in [0.15, 0.2) is 0 Å². The van der Waals surface area contributed by atoms with Crippen molar-refractivity contribution in [1.82, 2.24) is 19.2 Å². The van der Waals surface area contributed by atoms with Gasteiger partial charge in [-0.25, -0.2) is 22.8 Å². The summed E-state index contributed by atoms with van der Waals surface area (Å²) in [6.07, 6.45) is 2.74. The van der Waals surface area contributed by atoms with Crippen molar-refractivity contribution in [3.63, 3.8) is 0 Å². The van der Waals surface area contributed by atoms with Gasteiger partial charge in [-0.05, 0) is 66.2 Å².